The van der Waals surface area contributed by atoms with Gasteiger partial charge in [-0.1, -0.05) is 23.4 Å². The van der Waals surface area contributed by atoms with Gasteiger partial charge in [0.15, 0.2) is 0 Å². The Morgan fingerprint density at radius 3 is 2.95 bits per heavy atom. The monoisotopic (exact) mass is 300 g/mol. The molecule has 21 heavy (non-hydrogen) atoms. The highest BCUT2D eigenvalue weighted by molar-refractivity contribution is 7.19. The van der Waals surface area contributed by atoms with Crippen molar-refractivity contribution >= 4 is 21.4 Å². The molecule has 1 atom stereocenters. The minimum atomic E-state index is 0.387. The molecule has 0 saturated heterocycles. The van der Waals surface area contributed by atoms with Crippen LogP contribution in [-0.4, -0.2) is 21.5 Å². The largest absolute Gasteiger partial charge is 0.309 e. The first-order chi connectivity index (χ1) is 10.3. The topological polar surface area (TPSA) is 42.7 Å². The van der Waals surface area contributed by atoms with E-state index in [-0.39, 0.29) is 0 Å². The lowest BCUT2D eigenvalue weighted by Gasteiger charge is -2.13. The molecule has 3 aromatic rings. The van der Waals surface area contributed by atoms with Gasteiger partial charge in [0.1, 0.15) is 0 Å². The molecule has 0 saturated carbocycles. The molecule has 0 bridgehead atoms. The van der Waals surface area contributed by atoms with Gasteiger partial charge in [-0.05, 0) is 43.8 Å². The highest BCUT2D eigenvalue weighted by Gasteiger charge is 2.13. The van der Waals surface area contributed by atoms with Crippen LogP contribution in [0.3, 0.4) is 0 Å². The summed E-state index contributed by atoms with van der Waals surface area (Å²) in [5.41, 5.74) is 1.41. The number of benzene rings is 1. The third-order valence-corrected chi connectivity index (χ3v) is 5.22. The van der Waals surface area contributed by atoms with E-state index >= 15 is 0 Å². The highest BCUT2D eigenvalue weighted by atomic mass is 32.1. The van der Waals surface area contributed by atoms with E-state index in [1.165, 1.54) is 20.5 Å². The van der Waals surface area contributed by atoms with Crippen LogP contribution >= 0.6 is 11.3 Å². The predicted octanol–water partition coefficient (Wildman–Crippen LogP) is 3.54. The van der Waals surface area contributed by atoms with Gasteiger partial charge in [-0.25, -0.2) is 0 Å². The first-order valence-electron chi connectivity index (χ1n) is 7.31. The maximum atomic E-state index is 3.97. The molecule has 0 spiro atoms. The Hall–Kier alpha value is -1.72. The van der Waals surface area contributed by atoms with Gasteiger partial charge in [-0.15, -0.1) is 16.4 Å². The Balaban J connectivity index is 1.59. The summed E-state index contributed by atoms with van der Waals surface area (Å²) in [4.78, 5) is 1.44. The van der Waals surface area contributed by atoms with Gasteiger partial charge in [0.05, 0.1) is 6.20 Å². The molecule has 4 nitrogen and oxygen atoms in total. The van der Waals surface area contributed by atoms with Crippen LogP contribution in [0.4, 0.5) is 0 Å². The van der Waals surface area contributed by atoms with E-state index in [1.807, 2.05) is 22.2 Å². The molecule has 0 aliphatic carbocycles. The number of aromatic nitrogens is 3. The molecule has 110 valence electrons. The van der Waals surface area contributed by atoms with Crippen LogP contribution in [0.1, 0.15) is 29.8 Å². The van der Waals surface area contributed by atoms with E-state index in [0.29, 0.717) is 6.04 Å². The van der Waals surface area contributed by atoms with Crippen molar-refractivity contribution < 1.29 is 0 Å². The Morgan fingerprint density at radius 1 is 1.33 bits per heavy atom. The molecule has 1 aromatic carbocycles. The number of nitrogens with zero attached hydrogens (tertiary/aromatic N) is 3. The Bertz CT molecular complexity index is 702. The summed E-state index contributed by atoms with van der Waals surface area (Å²) in [5, 5.41) is 12.8. The lowest BCUT2D eigenvalue weighted by atomic mass is 10.1. The fraction of sp³-hybridized carbons (Fsp3) is 0.375. The predicted molar refractivity (Wildman–Crippen MR) is 87.6 cm³/mol. The van der Waals surface area contributed by atoms with Gasteiger partial charge >= 0.3 is 0 Å². The van der Waals surface area contributed by atoms with Crippen molar-refractivity contribution in [2.75, 3.05) is 6.54 Å². The molecule has 0 aliphatic rings. The van der Waals surface area contributed by atoms with Crippen molar-refractivity contribution in [1.82, 2.24) is 20.3 Å². The van der Waals surface area contributed by atoms with E-state index < -0.39 is 0 Å². The summed E-state index contributed by atoms with van der Waals surface area (Å²) in [6.45, 7) is 6.36. The number of aryl methyl sites for hydroxylation is 2. The van der Waals surface area contributed by atoms with E-state index in [0.717, 1.165) is 19.5 Å². The normalized spacial score (nSPS) is 12.9. The first-order valence-corrected chi connectivity index (χ1v) is 8.13. The molecule has 0 radical (unpaired) electrons. The molecule has 1 N–H and O–H groups in total. The zero-order valence-corrected chi connectivity index (χ0v) is 13.2. The van der Waals surface area contributed by atoms with Crippen LogP contribution in [-0.2, 0) is 6.54 Å². The molecule has 1 unspecified atom stereocenters. The quantitative estimate of drug-likeness (QED) is 0.708. The summed E-state index contributed by atoms with van der Waals surface area (Å²) in [7, 11) is 0. The summed E-state index contributed by atoms with van der Waals surface area (Å²) in [6.07, 6.45) is 4.67. The van der Waals surface area contributed by atoms with Crippen LogP contribution in [0.15, 0.2) is 36.7 Å². The van der Waals surface area contributed by atoms with Crippen molar-refractivity contribution in [2.24, 2.45) is 0 Å². The number of thiophene rings is 1. The fourth-order valence-electron chi connectivity index (χ4n) is 2.61. The molecule has 3 rings (SSSR count). The standard InChI is InChI=1S/C16H20N4S/c1-12-14-6-3-4-7-15(14)21-16(12)13(2)17-8-5-10-20-11-9-18-19-20/h3-4,6-7,9,11,13,17H,5,8,10H2,1-2H3. The zero-order valence-electron chi connectivity index (χ0n) is 12.4. The Labute approximate surface area is 128 Å². The maximum absolute atomic E-state index is 3.97. The van der Waals surface area contributed by atoms with E-state index in [2.05, 4.69) is 53.7 Å². The second-order valence-corrected chi connectivity index (χ2v) is 6.37. The van der Waals surface area contributed by atoms with Crippen molar-refractivity contribution in [1.29, 1.82) is 0 Å². The minimum absolute atomic E-state index is 0.387. The van der Waals surface area contributed by atoms with Crippen LogP contribution in [0.5, 0.6) is 0 Å². The number of nitrogens with one attached hydrogen (secondary N) is 1. The fourth-order valence-corrected chi connectivity index (χ4v) is 3.85. The van der Waals surface area contributed by atoms with Gasteiger partial charge in [-0.2, -0.15) is 0 Å². The number of fused-ring (bicyclic) bond motifs is 1. The van der Waals surface area contributed by atoms with Gasteiger partial charge in [0, 0.05) is 28.4 Å². The third kappa shape index (κ3) is 3.14. The van der Waals surface area contributed by atoms with Crippen LogP contribution in [0.25, 0.3) is 10.1 Å². The Morgan fingerprint density at radius 2 is 2.19 bits per heavy atom. The van der Waals surface area contributed by atoms with Crippen molar-refractivity contribution in [3.8, 4) is 0 Å². The number of hydrogen-bond donors (Lipinski definition) is 1. The minimum Gasteiger partial charge on any atom is -0.309 e. The van der Waals surface area contributed by atoms with Gasteiger partial charge in [-0.3, -0.25) is 4.68 Å². The summed E-state index contributed by atoms with van der Waals surface area (Å²) < 4.78 is 3.25. The third-order valence-electron chi connectivity index (χ3n) is 3.76. The van der Waals surface area contributed by atoms with Gasteiger partial charge < -0.3 is 5.32 Å². The average Bonchev–Trinajstić information content (AvgIpc) is 3.12. The summed E-state index contributed by atoms with van der Waals surface area (Å²) in [5.74, 6) is 0. The molecule has 0 amide bonds. The van der Waals surface area contributed by atoms with Crippen molar-refractivity contribution in [3.05, 3.63) is 47.1 Å². The maximum Gasteiger partial charge on any atom is 0.0692 e. The molecule has 5 heteroatoms. The van der Waals surface area contributed by atoms with E-state index in [9.17, 15) is 0 Å². The molecular weight excluding hydrogens is 280 g/mol. The molecule has 0 aliphatic heterocycles. The lowest BCUT2D eigenvalue weighted by molar-refractivity contribution is 0.502. The first kappa shape index (κ1) is 14.2. The SMILES string of the molecule is Cc1c(C(C)NCCCn2ccnn2)sc2ccccc12. The van der Waals surface area contributed by atoms with Crippen LogP contribution < -0.4 is 5.32 Å². The van der Waals surface area contributed by atoms with Crippen molar-refractivity contribution in [3.63, 3.8) is 0 Å². The van der Waals surface area contributed by atoms with Gasteiger partial charge in [0.2, 0.25) is 0 Å². The second-order valence-electron chi connectivity index (χ2n) is 5.28. The molecule has 2 aromatic heterocycles. The number of hydrogen-bond acceptors (Lipinski definition) is 4. The highest BCUT2D eigenvalue weighted by Crippen LogP contribution is 2.34. The van der Waals surface area contributed by atoms with Crippen molar-refractivity contribution in [2.45, 2.75) is 32.9 Å². The second kappa shape index (κ2) is 6.37. The lowest BCUT2D eigenvalue weighted by Crippen LogP contribution is -2.20. The molecular formula is C16H20N4S. The summed E-state index contributed by atoms with van der Waals surface area (Å²) >= 11 is 1.90. The van der Waals surface area contributed by atoms with Gasteiger partial charge in [0.25, 0.3) is 0 Å². The summed E-state index contributed by atoms with van der Waals surface area (Å²) in [6, 6.07) is 9.02. The molecule has 2 heterocycles. The number of rotatable bonds is 6. The molecule has 0 fully saturated rings. The van der Waals surface area contributed by atoms with E-state index in [1.54, 1.807) is 6.20 Å². The van der Waals surface area contributed by atoms with Crippen LogP contribution in [0.2, 0.25) is 0 Å². The smallest absolute Gasteiger partial charge is 0.0692 e. The van der Waals surface area contributed by atoms with Crippen LogP contribution in [0, 0.1) is 6.92 Å². The zero-order chi connectivity index (χ0) is 14.7. The average molecular weight is 300 g/mol. The Kier molecular flexibility index (Phi) is 4.31. The van der Waals surface area contributed by atoms with E-state index in [4.69, 9.17) is 0 Å².